The van der Waals surface area contributed by atoms with E-state index in [0.717, 1.165) is 22.3 Å². The van der Waals surface area contributed by atoms with Crippen LogP contribution in [0.4, 0.5) is 11.6 Å². The molecule has 0 unspecified atom stereocenters. The molecule has 23 heavy (non-hydrogen) atoms. The predicted molar refractivity (Wildman–Crippen MR) is 87.9 cm³/mol. The van der Waals surface area contributed by atoms with Crippen LogP contribution >= 0.6 is 0 Å². The van der Waals surface area contributed by atoms with Crippen LogP contribution in [0.2, 0.25) is 0 Å². The summed E-state index contributed by atoms with van der Waals surface area (Å²) in [6.45, 7) is 0. The molecule has 0 radical (unpaired) electrons. The molecule has 0 fully saturated rings. The topological polar surface area (TPSA) is 75.7 Å². The van der Waals surface area contributed by atoms with Gasteiger partial charge in [0.25, 0.3) is 0 Å². The Balaban J connectivity index is 1.56. The Morgan fingerprint density at radius 3 is 2.78 bits per heavy atom. The fourth-order valence-corrected chi connectivity index (χ4v) is 2.24. The third-order valence-electron chi connectivity index (χ3n) is 3.31. The number of fused-ring (bicyclic) bond motifs is 1. The Hall–Kier alpha value is -3.41. The average molecular weight is 303 g/mol. The number of benzene rings is 1. The number of aromatic amines is 1. The molecule has 0 atom stereocenters. The molecule has 0 bridgehead atoms. The van der Waals surface area contributed by atoms with Crippen molar-refractivity contribution in [1.29, 1.82) is 0 Å². The number of hydrogen-bond acceptors (Lipinski definition) is 5. The fourth-order valence-electron chi connectivity index (χ4n) is 2.24. The number of rotatable bonds is 4. The van der Waals surface area contributed by atoms with Gasteiger partial charge in [0.1, 0.15) is 5.75 Å². The number of hydrogen-bond donors (Lipinski definition) is 2. The van der Waals surface area contributed by atoms with Crippen molar-refractivity contribution in [3.63, 3.8) is 0 Å². The van der Waals surface area contributed by atoms with E-state index in [4.69, 9.17) is 4.74 Å². The summed E-state index contributed by atoms with van der Waals surface area (Å²) >= 11 is 0. The second kappa shape index (κ2) is 5.76. The molecule has 0 aliphatic carbocycles. The summed E-state index contributed by atoms with van der Waals surface area (Å²) in [5, 5.41) is 4.20. The predicted octanol–water partition coefficient (Wildman–Crippen LogP) is 3.89. The normalized spacial score (nSPS) is 10.6. The van der Waals surface area contributed by atoms with Crippen LogP contribution < -0.4 is 10.1 Å². The van der Waals surface area contributed by atoms with Crippen LogP contribution in [0.15, 0.2) is 67.3 Å². The first kappa shape index (κ1) is 13.3. The number of nitrogens with one attached hydrogen (secondary N) is 2. The third kappa shape index (κ3) is 2.96. The zero-order chi connectivity index (χ0) is 15.5. The van der Waals surface area contributed by atoms with E-state index in [1.807, 2.05) is 42.6 Å². The van der Waals surface area contributed by atoms with Gasteiger partial charge in [0.05, 0.1) is 0 Å². The van der Waals surface area contributed by atoms with Crippen molar-refractivity contribution in [2.75, 3.05) is 5.32 Å². The van der Waals surface area contributed by atoms with E-state index in [2.05, 4.69) is 25.3 Å². The van der Waals surface area contributed by atoms with Gasteiger partial charge in [-0.05, 0) is 36.4 Å². The molecule has 6 heteroatoms. The molecule has 3 heterocycles. The van der Waals surface area contributed by atoms with E-state index in [-0.39, 0.29) is 0 Å². The second-order valence-corrected chi connectivity index (χ2v) is 4.91. The number of aromatic nitrogens is 4. The van der Waals surface area contributed by atoms with Crippen molar-refractivity contribution in [3.05, 3.63) is 67.3 Å². The van der Waals surface area contributed by atoms with E-state index in [0.29, 0.717) is 11.8 Å². The maximum Gasteiger partial charge on any atom is 0.230 e. The van der Waals surface area contributed by atoms with Gasteiger partial charge in [-0.15, -0.1) is 0 Å². The lowest BCUT2D eigenvalue weighted by Crippen LogP contribution is -1.98. The molecule has 4 rings (SSSR count). The van der Waals surface area contributed by atoms with Crippen molar-refractivity contribution in [2.24, 2.45) is 0 Å². The van der Waals surface area contributed by atoms with E-state index < -0.39 is 0 Å². The van der Waals surface area contributed by atoms with Crippen LogP contribution in [-0.2, 0) is 0 Å². The molecule has 0 aliphatic rings. The first-order chi connectivity index (χ1) is 11.4. The van der Waals surface area contributed by atoms with Gasteiger partial charge in [-0.1, -0.05) is 0 Å². The van der Waals surface area contributed by atoms with Gasteiger partial charge in [0.15, 0.2) is 0 Å². The van der Waals surface area contributed by atoms with Crippen molar-refractivity contribution in [3.8, 4) is 11.6 Å². The number of anilines is 2. The smallest absolute Gasteiger partial charge is 0.230 e. The maximum absolute atomic E-state index is 5.82. The molecule has 3 aromatic heterocycles. The third-order valence-corrected chi connectivity index (χ3v) is 3.31. The Bertz CT molecular complexity index is 936. The summed E-state index contributed by atoms with van der Waals surface area (Å²) in [6, 6.07) is 13.2. The van der Waals surface area contributed by atoms with Crippen molar-refractivity contribution in [1.82, 2.24) is 19.9 Å². The van der Waals surface area contributed by atoms with Crippen LogP contribution in [0.3, 0.4) is 0 Å². The van der Waals surface area contributed by atoms with Gasteiger partial charge in [0.2, 0.25) is 11.8 Å². The van der Waals surface area contributed by atoms with Crippen molar-refractivity contribution >= 4 is 22.5 Å². The second-order valence-electron chi connectivity index (χ2n) is 4.91. The Morgan fingerprint density at radius 1 is 0.957 bits per heavy atom. The summed E-state index contributed by atoms with van der Waals surface area (Å²) < 4.78 is 5.82. The number of pyridine rings is 1. The van der Waals surface area contributed by atoms with Crippen LogP contribution in [-0.4, -0.2) is 19.9 Å². The van der Waals surface area contributed by atoms with E-state index >= 15 is 0 Å². The first-order valence-corrected chi connectivity index (χ1v) is 7.12. The monoisotopic (exact) mass is 303 g/mol. The molecule has 112 valence electrons. The SMILES string of the molecule is c1cc(Nc2nccc(Oc3ccc4[nH]ccc4c3)n2)ccn1. The lowest BCUT2D eigenvalue weighted by molar-refractivity contribution is 0.463. The lowest BCUT2D eigenvalue weighted by Gasteiger charge is -2.07. The largest absolute Gasteiger partial charge is 0.439 e. The molecule has 0 amide bonds. The first-order valence-electron chi connectivity index (χ1n) is 7.12. The summed E-state index contributed by atoms with van der Waals surface area (Å²) in [7, 11) is 0. The molecular weight excluding hydrogens is 290 g/mol. The van der Waals surface area contributed by atoms with Crippen molar-refractivity contribution in [2.45, 2.75) is 0 Å². The molecule has 4 aromatic rings. The lowest BCUT2D eigenvalue weighted by atomic mass is 10.2. The number of ether oxygens (including phenoxy) is 1. The van der Waals surface area contributed by atoms with Gasteiger partial charge < -0.3 is 15.0 Å². The Morgan fingerprint density at radius 2 is 1.87 bits per heavy atom. The molecule has 6 nitrogen and oxygen atoms in total. The van der Waals surface area contributed by atoms with E-state index in [1.54, 1.807) is 24.7 Å². The number of H-pyrrole nitrogens is 1. The summed E-state index contributed by atoms with van der Waals surface area (Å²) in [6.07, 6.45) is 6.96. The molecular formula is C17H13N5O. The van der Waals surface area contributed by atoms with Crippen molar-refractivity contribution < 1.29 is 4.74 Å². The zero-order valence-electron chi connectivity index (χ0n) is 12.1. The standard InChI is InChI=1S/C17H13N5O/c1-2-15-12(3-9-19-15)11-14(1)23-16-6-10-20-17(22-16)21-13-4-7-18-8-5-13/h1-11,19H,(H,18,20,21,22). The minimum Gasteiger partial charge on any atom is -0.439 e. The maximum atomic E-state index is 5.82. The van der Waals surface area contributed by atoms with Gasteiger partial charge >= 0.3 is 0 Å². The highest BCUT2D eigenvalue weighted by atomic mass is 16.5. The van der Waals surface area contributed by atoms with E-state index in [9.17, 15) is 0 Å². The minimum atomic E-state index is 0.469. The van der Waals surface area contributed by atoms with Gasteiger partial charge in [0, 0.05) is 47.4 Å². The highest BCUT2D eigenvalue weighted by Crippen LogP contribution is 2.24. The van der Waals surface area contributed by atoms with Crippen LogP contribution in [0, 0.1) is 0 Å². The van der Waals surface area contributed by atoms with Gasteiger partial charge in [-0.2, -0.15) is 4.98 Å². The molecule has 0 saturated carbocycles. The zero-order valence-corrected chi connectivity index (χ0v) is 12.1. The molecule has 0 spiro atoms. The fraction of sp³-hybridized carbons (Fsp3) is 0. The molecule has 1 aromatic carbocycles. The molecule has 2 N–H and O–H groups in total. The Labute approximate surface area is 132 Å². The van der Waals surface area contributed by atoms with E-state index in [1.165, 1.54) is 0 Å². The summed E-state index contributed by atoms with van der Waals surface area (Å²) in [5.41, 5.74) is 1.94. The van der Waals surface area contributed by atoms with Crippen LogP contribution in [0.25, 0.3) is 10.9 Å². The van der Waals surface area contributed by atoms with Crippen LogP contribution in [0.1, 0.15) is 0 Å². The van der Waals surface area contributed by atoms with Gasteiger partial charge in [-0.25, -0.2) is 4.98 Å². The van der Waals surface area contributed by atoms with Gasteiger partial charge in [-0.3, -0.25) is 4.98 Å². The minimum absolute atomic E-state index is 0.469. The quantitative estimate of drug-likeness (QED) is 0.598. The summed E-state index contributed by atoms with van der Waals surface area (Å²) in [5.74, 6) is 1.67. The number of nitrogens with zero attached hydrogens (tertiary/aromatic N) is 3. The molecule has 0 aliphatic heterocycles. The summed E-state index contributed by atoms with van der Waals surface area (Å²) in [4.78, 5) is 15.7. The Kier molecular flexibility index (Phi) is 3.32. The molecule has 0 saturated heterocycles. The average Bonchev–Trinajstić information content (AvgIpc) is 3.04. The van der Waals surface area contributed by atoms with Crippen LogP contribution in [0.5, 0.6) is 11.6 Å². The highest BCUT2D eigenvalue weighted by molar-refractivity contribution is 5.80. The highest BCUT2D eigenvalue weighted by Gasteiger charge is 2.04.